The van der Waals surface area contributed by atoms with Crippen LogP contribution >= 0.6 is 35.7 Å². The quantitative estimate of drug-likeness (QED) is 0.300. The Hall–Kier alpha value is -0.830. The number of nitrogens with zero attached hydrogens (tertiary/aromatic N) is 1. The first kappa shape index (κ1) is 24.2. The summed E-state index contributed by atoms with van der Waals surface area (Å²) in [4.78, 5) is 4.36. The van der Waals surface area contributed by atoms with Crippen LogP contribution in [0.3, 0.4) is 0 Å². The lowest BCUT2D eigenvalue weighted by Crippen LogP contribution is -2.43. The molecule has 5 nitrogen and oxygen atoms in total. The standard InChI is InChI=1S/C20H33N3O2S.HI/c1-5-24-18-10-7-15(13-19(18)25-6-2)11-12-22-20(21-3)23-16-8-9-17(14-16)26-4;/h7,10,13,16-17H,5-6,8-9,11-12,14H2,1-4H3,(H2,21,22,23);1H. The Kier molecular flexibility index (Phi) is 12.0. The maximum atomic E-state index is 5.70. The van der Waals surface area contributed by atoms with Gasteiger partial charge in [-0.25, -0.2) is 0 Å². The zero-order chi connectivity index (χ0) is 18.8. The van der Waals surface area contributed by atoms with Gasteiger partial charge in [0.25, 0.3) is 0 Å². The van der Waals surface area contributed by atoms with Crippen molar-refractivity contribution in [3.63, 3.8) is 0 Å². The van der Waals surface area contributed by atoms with Gasteiger partial charge >= 0.3 is 0 Å². The molecule has 0 saturated heterocycles. The molecule has 1 aromatic rings. The van der Waals surface area contributed by atoms with Crippen LogP contribution in [0.15, 0.2) is 23.2 Å². The molecule has 154 valence electrons. The number of aliphatic imine (C=N–C) groups is 1. The number of rotatable bonds is 9. The molecule has 0 radical (unpaired) electrons. The van der Waals surface area contributed by atoms with Crippen molar-refractivity contribution in [2.75, 3.05) is 33.1 Å². The number of hydrogen-bond acceptors (Lipinski definition) is 4. The Bertz CT molecular complexity index is 586. The van der Waals surface area contributed by atoms with Crippen molar-refractivity contribution in [2.24, 2.45) is 4.99 Å². The molecule has 27 heavy (non-hydrogen) atoms. The smallest absolute Gasteiger partial charge is 0.191 e. The van der Waals surface area contributed by atoms with Gasteiger partial charge in [-0.1, -0.05) is 6.07 Å². The first-order chi connectivity index (χ1) is 12.7. The zero-order valence-electron chi connectivity index (χ0n) is 16.9. The summed E-state index contributed by atoms with van der Waals surface area (Å²) in [6.45, 7) is 6.08. The van der Waals surface area contributed by atoms with Crippen molar-refractivity contribution in [3.05, 3.63) is 23.8 Å². The molecular weight excluding hydrogens is 473 g/mol. The Morgan fingerprint density at radius 1 is 1.19 bits per heavy atom. The van der Waals surface area contributed by atoms with Crippen molar-refractivity contribution in [3.8, 4) is 11.5 Å². The van der Waals surface area contributed by atoms with E-state index in [0.717, 1.165) is 35.7 Å². The Labute approximate surface area is 185 Å². The van der Waals surface area contributed by atoms with Crippen LogP contribution < -0.4 is 20.1 Å². The third kappa shape index (κ3) is 7.97. The van der Waals surface area contributed by atoms with Crippen molar-refractivity contribution < 1.29 is 9.47 Å². The van der Waals surface area contributed by atoms with Gasteiger partial charge in [-0.3, -0.25) is 4.99 Å². The van der Waals surface area contributed by atoms with Gasteiger partial charge < -0.3 is 20.1 Å². The van der Waals surface area contributed by atoms with Crippen molar-refractivity contribution >= 4 is 41.7 Å². The first-order valence-corrected chi connectivity index (χ1v) is 10.9. The maximum Gasteiger partial charge on any atom is 0.191 e. The predicted molar refractivity (Wildman–Crippen MR) is 127 cm³/mol. The summed E-state index contributed by atoms with van der Waals surface area (Å²) in [5.41, 5.74) is 1.23. The van der Waals surface area contributed by atoms with Gasteiger partial charge in [0.1, 0.15) is 0 Å². The highest BCUT2D eigenvalue weighted by Gasteiger charge is 2.24. The van der Waals surface area contributed by atoms with Crippen molar-refractivity contribution in [2.45, 2.75) is 50.8 Å². The van der Waals surface area contributed by atoms with E-state index in [2.05, 4.69) is 34.0 Å². The summed E-state index contributed by atoms with van der Waals surface area (Å²) in [6, 6.07) is 6.71. The van der Waals surface area contributed by atoms with Crippen molar-refractivity contribution in [1.29, 1.82) is 0 Å². The van der Waals surface area contributed by atoms with Gasteiger partial charge in [-0.05, 0) is 63.5 Å². The highest BCUT2D eigenvalue weighted by Crippen LogP contribution is 2.29. The average Bonchev–Trinajstić information content (AvgIpc) is 3.11. The van der Waals surface area contributed by atoms with E-state index >= 15 is 0 Å². The topological polar surface area (TPSA) is 54.9 Å². The summed E-state index contributed by atoms with van der Waals surface area (Å²) < 4.78 is 11.3. The molecular formula is C20H34IN3O2S. The zero-order valence-corrected chi connectivity index (χ0v) is 20.1. The lowest BCUT2D eigenvalue weighted by Gasteiger charge is -2.17. The number of benzene rings is 1. The minimum absolute atomic E-state index is 0. The molecule has 1 fully saturated rings. The molecule has 0 heterocycles. The van der Waals surface area contributed by atoms with Crippen molar-refractivity contribution in [1.82, 2.24) is 10.6 Å². The van der Waals surface area contributed by atoms with Gasteiger partial charge in [-0.2, -0.15) is 11.8 Å². The molecule has 0 spiro atoms. The van der Waals surface area contributed by atoms with Gasteiger partial charge in [0.05, 0.1) is 13.2 Å². The first-order valence-electron chi connectivity index (χ1n) is 9.58. The second-order valence-electron chi connectivity index (χ2n) is 6.41. The van der Waals surface area contributed by atoms with Crippen LogP contribution in [0.4, 0.5) is 0 Å². The summed E-state index contributed by atoms with van der Waals surface area (Å²) in [6.07, 6.45) is 6.85. The average molecular weight is 507 g/mol. The molecule has 0 bridgehead atoms. The fourth-order valence-electron chi connectivity index (χ4n) is 3.25. The minimum Gasteiger partial charge on any atom is -0.490 e. The largest absolute Gasteiger partial charge is 0.490 e. The van der Waals surface area contributed by atoms with E-state index in [9.17, 15) is 0 Å². The molecule has 0 aromatic heterocycles. The SMILES string of the molecule is CCOc1ccc(CCNC(=NC)NC2CCC(SC)C2)cc1OCC.I. The second kappa shape index (κ2) is 13.4. The number of guanidine groups is 1. The van der Waals surface area contributed by atoms with Crippen LogP contribution in [-0.4, -0.2) is 50.3 Å². The molecule has 2 atom stereocenters. The summed E-state index contributed by atoms with van der Waals surface area (Å²) in [5, 5.41) is 7.77. The minimum atomic E-state index is 0. The van der Waals surface area contributed by atoms with Gasteiger partial charge in [0.15, 0.2) is 17.5 Å². The fraction of sp³-hybridized carbons (Fsp3) is 0.650. The lowest BCUT2D eigenvalue weighted by atomic mass is 10.1. The second-order valence-corrected chi connectivity index (χ2v) is 7.55. The molecule has 1 aromatic carbocycles. The number of ether oxygens (including phenoxy) is 2. The Morgan fingerprint density at radius 3 is 2.56 bits per heavy atom. The molecule has 0 aliphatic heterocycles. The number of thioether (sulfide) groups is 1. The van der Waals surface area contributed by atoms with E-state index in [1.165, 1.54) is 24.8 Å². The van der Waals surface area contributed by atoms with Crippen LogP contribution in [-0.2, 0) is 6.42 Å². The highest BCUT2D eigenvalue weighted by atomic mass is 127. The maximum absolute atomic E-state index is 5.70. The van der Waals surface area contributed by atoms with Crippen LogP contribution in [0, 0.1) is 0 Å². The molecule has 2 rings (SSSR count). The summed E-state index contributed by atoms with van der Waals surface area (Å²) >= 11 is 1.97. The van der Waals surface area contributed by atoms with Crippen LogP contribution in [0.2, 0.25) is 0 Å². The van der Waals surface area contributed by atoms with E-state index in [-0.39, 0.29) is 24.0 Å². The van der Waals surface area contributed by atoms with Gasteiger partial charge in [-0.15, -0.1) is 24.0 Å². The molecule has 1 aliphatic rings. The summed E-state index contributed by atoms with van der Waals surface area (Å²) in [7, 11) is 1.83. The van der Waals surface area contributed by atoms with Crippen LogP contribution in [0.1, 0.15) is 38.7 Å². The number of hydrogen-bond donors (Lipinski definition) is 2. The van der Waals surface area contributed by atoms with E-state index in [0.29, 0.717) is 19.3 Å². The predicted octanol–water partition coefficient (Wildman–Crippen LogP) is 4.09. The van der Waals surface area contributed by atoms with Crippen LogP contribution in [0.25, 0.3) is 0 Å². The molecule has 7 heteroatoms. The molecule has 1 saturated carbocycles. The van der Waals surface area contributed by atoms with E-state index in [1.807, 2.05) is 38.7 Å². The van der Waals surface area contributed by atoms with E-state index in [4.69, 9.17) is 9.47 Å². The lowest BCUT2D eigenvalue weighted by molar-refractivity contribution is 0.287. The normalized spacial score (nSPS) is 19.3. The van der Waals surface area contributed by atoms with Gasteiger partial charge in [0, 0.05) is 24.9 Å². The third-order valence-corrected chi connectivity index (χ3v) is 5.69. The molecule has 2 unspecified atom stereocenters. The fourth-order valence-corrected chi connectivity index (χ4v) is 4.05. The highest BCUT2D eigenvalue weighted by molar-refractivity contribution is 14.0. The van der Waals surface area contributed by atoms with Crippen LogP contribution in [0.5, 0.6) is 11.5 Å². The van der Waals surface area contributed by atoms with E-state index in [1.54, 1.807) is 0 Å². The molecule has 1 aliphatic carbocycles. The third-order valence-electron chi connectivity index (χ3n) is 4.60. The number of halogens is 1. The molecule has 2 N–H and O–H groups in total. The molecule has 0 amide bonds. The van der Waals surface area contributed by atoms with Gasteiger partial charge in [0.2, 0.25) is 0 Å². The monoisotopic (exact) mass is 507 g/mol. The Morgan fingerprint density at radius 2 is 1.93 bits per heavy atom. The summed E-state index contributed by atoms with van der Waals surface area (Å²) in [5.74, 6) is 2.53. The van der Waals surface area contributed by atoms with E-state index < -0.39 is 0 Å². The number of nitrogens with one attached hydrogen (secondary N) is 2. The Balaban J connectivity index is 0.00000364.